The zero-order chi connectivity index (χ0) is 11.4. The molecule has 3 N–H and O–H groups in total. The molecule has 0 radical (unpaired) electrons. The molecule has 1 rings (SSSR count). The maximum Gasteiger partial charge on any atom is 0.269 e. The quantitative estimate of drug-likeness (QED) is 0.334. The number of nitro benzene ring substituents is 1. The van der Waals surface area contributed by atoms with Crippen molar-refractivity contribution in [1.29, 1.82) is 5.41 Å². The van der Waals surface area contributed by atoms with Gasteiger partial charge in [-0.15, -0.1) is 0 Å². The first-order chi connectivity index (χ1) is 7.00. The Morgan fingerprint density at radius 3 is 2.47 bits per heavy atom. The average molecular weight is 208 g/mol. The molecule has 0 saturated heterocycles. The van der Waals surface area contributed by atoms with Crippen molar-refractivity contribution in [2.45, 2.75) is 6.54 Å². The highest BCUT2D eigenvalue weighted by Gasteiger charge is 2.05. The Morgan fingerprint density at radius 2 is 2.07 bits per heavy atom. The summed E-state index contributed by atoms with van der Waals surface area (Å²) >= 11 is 0. The predicted molar refractivity (Wildman–Crippen MR) is 56.5 cm³/mol. The number of hydrogen-bond donors (Lipinski definition) is 2. The molecule has 0 bridgehead atoms. The third-order valence-electron chi connectivity index (χ3n) is 1.98. The Morgan fingerprint density at radius 1 is 1.53 bits per heavy atom. The largest absolute Gasteiger partial charge is 0.370 e. The molecule has 1 aromatic carbocycles. The normalized spacial score (nSPS) is 9.67. The minimum Gasteiger partial charge on any atom is -0.370 e. The van der Waals surface area contributed by atoms with Gasteiger partial charge in [-0.1, -0.05) is 12.1 Å². The summed E-state index contributed by atoms with van der Waals surface area (Å²) in [5, 5.41) is 17.5. The SMILES string of the molecule is CN(Cc1ccc([N+](=O)[O-])cc1)C(=N)N. The molecule has 0 aliphatic heterocycles. The Balaban J connectivity index is 2.72. The monoisotopic (exact) mass is 208 g/mol. The molecule has 0 heterocycles. The topological polar surface area (TPSA) is 96.2 Å². The van der Waals surface area contributed by atoms with Gasteiger partial charge < -0.3 is 10.6 Å². The molecule has 0 amide bonds. The Kier molecular flexibility index (Phi) is 3.22. The van der Waals surface area contributed by atoms with E-state index in [1.807, 2.05) is 0 Å². The van der Waals surface area contributed by atoms with Crippen molar-refractivity contribution < 1.29 is 4.92 Å². The van der Waals surface area contributed by atoms with E-state index in [4.69, 9.17) is 11.1 Å². The predicted octanol–water partition coefficient (Wildman–Crippen LogP) is 0.920. The van der Waals surface area contributed by atoms with E-state index in [9.17, 15) is 10.1 Å². The minimum absolute atomic E-state index is 0.0339. The molecule has 1 aromatic rings. The van der Waals surface area contributed by atoms with Gasteiger partial charge in [0.2, 0.25) is 0 Å². The summed E-state index contributed by atoms with van der Waals surface area (Å²) in [6.45, 7) is 0.466. The summed E-state index contributed by atoms with van der Waals surface area (Å²) < 4.78 is 0. The Hall–Kier alpha value is -2.11. The summed E-state index contributed by atoms with van der Waals surface area (Å²) in [5.41, 5.74) is 6.20. The van der Waals surface area contributed by atoms with Crippen LogP contribution >= 0.6 is 0 Å². The van der Waals surface area contributed by atoms with E-state index >= 15 is 0 Å². The van der Waals surface area contributed by atoms with Gasteiger partial charge in [0.05, 0.1) is 4.92 Å². The van der Waals surface area contributed by atoms with Crippen molar-refractivity contribution in [3.05, 3.63) is 39.9 Å². The number of hydrogen-bond acceptors (Lipinski definition) is 3. The summed E-state index contributed by atoms with van der Waals surface area (Å²) in [7, 11) is 1.68. The fourth-order valence-corrected chi connectivity index (χ4v) is 1.08. The van der Waals surface area contributed by atoms with E-state index < -0.39 is 4.92 Å². The molecular weight excluding hydrogens is 196 g/mol. The molecule has 6 heteroatoms. The summed E-state index contributed by atoms with van der Waals surface area (Å²) in [5.74, 6) is -0.0339. The second kappa shape index (κ2) is 4.41. The van der Waals surface area contributed by atoms with Gasteiger partial charge in [-0.25, -0.2) is 0 Å². The lowest BCUT2D eigenvalue weighted by atomic mass is 10.2. The van der Waals surface area contributed by atoms with Gasteiger partial charge in [0.1, 0.15) is 0 Å². The number of guanidine groups is 1. The molecule has 15 heavy (non-hydrogen) atoms. The van der Waals surface area contributed by atoms with Crippen molar-refractivity contribution >= 4 is 11.6 Å². The van der Waals surface area contributed by atoms with Crippen LogP contribution in [0.1, 0.15) is 5.56 Å². The van der Waals surface area contributed by atoms with Crippen LogP contribution in [0.5, 0.6) is 0 Å². The summed E-state index contributed by atoms with van der Waals surface area (Å²) in [6, 6.07) is 6.17. The van der Waals surface area contributed by atoms with Gasteiger partial charge >= 0.3 is 0 Å². The number of benzene rings is 1. The van der Waals surface area contributed by atoms with E-state index in [1.165, 1.54) is 12.1 Å². The van der Waals surface area contributed by atoms with Gasteiger partial charge in [0, 0.05) is 25.7 Å². The molecule has 0 unspecified atom stereocenters. The second-order valence-corrected chi connectivity index (χ2v) is 3.16. The van der Waals surface area contributed by atoms with Gasteiger partial charge in [-0.2, -0.15) is 0 Å². The lowest BCUT2D eigenvalue weighted by Crippen LogP contribution is -2.32. The van der Waals surface area contributed by atoms with Gasteiger partial charge in [-0.3, -0.25) is 15.5 Å². The van der Waals surface area contributed by atoms with Crippen LogP contribution in [0.4, 0.5) is 5.69 Å². The van der Waals surface area contributed by atoms with E-state index in [-0.39, 0.29) is 11.6 Å². The van der Waals surface area contributed by atoms with Gasteiger partial charge in [-0.05, 0) is 5.56 Å². The first kappa shape index (κ1) is 11.0. The summed E-state index contributed by atoms with van der Waals surface area (Å²) in [6.07, 6.45) is 0. The number of non-ortho nitro benzene ring substituents is 1. The van der Waals surface area contributed by atoms with Crippen molar-refractivity contribution in [2.24, 2.45) is 5.73 Å². The van der Waals surface area contributed by atoms with Crippen LogP contribution in [-0.2, 0) is 6.54 Å². The van der Waals surface area contributed by atoms with Crippen LogP contribution in [-0.4, -0.2) is 22.8 Å². The molecule has 0 aromatic heterocycles. The molecule has 0 fully saturated rings. The van der Waals surface area contributed by atoms with Crippen LogP contribution in [0.3, 0.4) is 0 Å². The number of nitrogens with two attached hydrogens (primary N) is 1. The van der Waals surface area contributed by atoms with Crippen LogP contribution < -0.4 is 5.73 Å². The fourth-order valence-electron chi connectivity index (χ4n) is 1.08. The zero-order valence-electron chi connectivity index (χ0n) is 8.30. The maximum atomic E-state index is 10.4. The van der Waals surface area contributed by atoms with E-state index in [2.05, 4.69) is 0 Å². The molecular formula is C9H12N4O2. The number of nitro groups is 1. The van der Waals surface area contributed by atoms with Crippen molar-refractivity contribution in [2.75, 3.05) is 7.05 Å². The van der Waals surface area contributed by atoms with Crippen LogP contribution in [0.2, 0.25) is 0 Å². The molecule has 0 aliphatic rings. The molecule has 6 nitrogen and oxygen atoms in total. The average Bonchev–Trinajstić information content (AvgIpc) is 2.18. The van der Waals surface area contributed by atoms with Gasteiger partial charge in [0.25, 0.3) is 5.69 Å². The van der Waals surface area contributed by atoms with Crippen molar-refractivity contribution in [1.82, 2.24) is 4.90 Å². The van der Waals surface area contributed by atoms with Crippen LogP contribution in [0.15, 0.2) is 24.3 Å². The Bertz CT molecular complexity index is 374. The standard InChI is InChI=1S/C9H12N4O2/c1-12(9(10)11)6-7-2-4-8(5-3-7)13(14)15/h2-5H,6H2,1H3,(H3,10,11). The molecule has 0 aliphatic carbocycles. The molecule has 0 spiro atoms. The summed E-state index contributed by atoms with van der Waals surface area (Å²) in [4.78, 5) is 11.5. The van der Waals surface area contributed by atoms with E-state index in [0.717, 1.165) is 5.56 Å². The number of rotatable bonds is 3. The zero-order valence-corrected chi connectivity index (χ0v) is 8.30. The third-order valence-corrected chi connectivity index (χ3v) is 1.98. The van der Waals surface area contributed by atoms with E-state index in [1.54, 1.807) is 24.1 Å². The lowest BCUT2D eigenvalue weighted by molar-refractivity contribution is -0.384. The Labute approximate surface area is 87.0 Å². The van der Waals surface area contributed by atoms with Crippen molar-refractivity contribution in [3.63, 3.8) is 0 Å². The first-order valence-corrected chi connectivity index (χ1v) is 4.29. The first-order valence-electron chi connectivity index (χ1n) is 4.29. The fraction of sp³-hybridized carbons (Fsp3) is 0.222. The lowest BCUT2D eigenvalue weighted by Gasteiger charge is -2.16. The molecule has 80 valence electrons. The highest BCUT2D eigenvalue weighted by molar-refractivity contribution is 5.74. The smallest absolute Gasteiger partial charge is 0.269 e. The molecule has 0 saturated carbocycles. The highest BCUT2D eigenvalue weighted by Crippen LogP contribution is 2.12. The highest BCUT2D eigenvalue weighted by atomic mass is 16.6. The van der Waals surface area contributed by atoms with Crippen molar-refractivity contribution in [3.8, 4) is 0 Å². The number of nitrogens with zero attached hydrogens (tertiary/aromatic N) is 2. The third kappa shape index (κ3) is 2.94. The number of nitrogens with one attached hydrogen (secondary N) is 1. The second-order valence-electron chi connectivity index (χ2n) is 3.16. The molecule has 0 atom stereocenters. The van der Waals surface area contributed by atoms with Crippen LogP contribution in [0.25, 0.3) is 0 Å². The maximum absolute atomic E-state index is 10.4. The minimum atomic E-state index is -0.446. The van der Waals surface area contributed by atoms with E-state index in [0.29, 0.717) is 6.54 Å². The van der Waals surface area contributed by atoms with Gasteiger partial charge in [0.15, 0.2) is 5.96 Å². The van der Waals surface area contributed by atoms with Crippen LogP contribution in [0, 0.1) is 15.5 Å².